The molecule has 1 amide bonds. The second-order valence-corrected chi connectivity index (χ2v) is 13.3. The summed E-state index contributed by atoms with van der Waals surface area (Å²) in [5.74, 6) is -1.17. The van der Waals surface area contributed by atoms with Gasteiger partial charge in [-0.2, -0.15) is 0 Å². The van der Waals surface area contributed by atoms with Crippen molar-refractivity contribution < 1.29 is 34.1 Å². The number of esters is 1. The number of aliphatic hydroxyl groups excluding tert-OH is 1. The Labute approximate surface area is 241 Å². The maximum atomic E-state index is 13.4. The summed E-state index contributed by atoms with van der Waals surface area (Å²) in [6.45, 7) is 5.38. The van der Waals surface area contributed by atoms with Gasteiger partial charge in [-0.3, -0.25) is 19.2 Å². The number of allylic oxidation sites excluding steroid dienone is 1. The molecular formula is C33H43NO7. The van der Waals surface area contributed by atoms with Crippen molar-refractivity contribution in [2.24, 2.45) is 28.6 Å². The highest BCUT2D eigenvalue weighted by atomic mass is 16.5. The van der Waals surface area contributed by atoms with Crippen LogP contribution in [0, 0.1) is 28.6 Å². The molecule has 0 saturated heterocycles. The molecule has 4 aliphatic carbocycles. The molecular weight excluding hydrogens is 522 g/mol. The lowest BCUT2D eigenvalue weighted by molar-refractivity contribution is -0.184. The predicted molar refractivity (Wildman–Crippen MR) is 151 cm³/mol. The number of amides is 1. The van der Waals surface area contributed by atoms with Crippen LogP contribution in [0.5, 0.6) is 0 Å². The Morgan fingerprint density at radius 3 is 2.54 bits per heavy atom. The van der Waals surface area contributed by atoms with Crippen molar-refractivity contribution in [2.45, 2.75) is 96.3 Å². The van der Waals surface area contributed by atoms with E-state index >= 15 is 0 Å². The standard InChI is InChI=1S/C33H43NO7/c1-20(21-7-5-4-6-8-21)34-28(38)11-12-29(39)41-19-27(37)33(40)16-14-25-24-10-9-22-17-23(35)13-15-31(22,2)30(24)26(36)18-32(25,33)3/h4-8,17,20,24-26,30,36,40H,9-16,18-19H2,1-3H3,(H,34,38)/t20-,24-,25+,26-,30-,31-,32-,33-/m0/s1. The number of Topliss-reactive ketones (excluding diaryl/α,β-unsaturated/α-hetero) is 1. The summed E-state index contributed by atoms with van der Waals surface area (Å²) in [4.78, 5) is 50.3. The van der Waals surface area contributed by atoms with E-state index in [0.29, 0.717) is 12.8 Å². The van der Waals surface area contributed by atoms with Crippen molar-refractivity contribution in [1.29, 1.82) is 0 Å². The zero-order chi connectivity index (χ0) is 29.6. The minimum atomic E-state index is -1.70. The number of benzene rings is 1. The fourth-order valence-corrected chi connectivity index (χ4v) is 8.84. The quantitative estimate of drug-likeness (QED) is 0.407. The molecule has 5 rings (SSSR count). The van der Waals surface area contributed by atoms with Gasteiger partial charge in [0.15, 0.2) is 12.4 Å². The largest absolute Gasteiger partial charge is 0.458 e. The molecule has 0 heterocycles. The van der Waals surface area contributed by atoms with Gasteiger partial charge in [0, 0.05) is 18.3 Å². The van der Waals surface area contributed by atoms with Crippen LogP contribution in [0.15, 0.2) is 42.0 Å². The minimum absolute atomic E-state index is 0.0142. The summed E-state index contributed by atoms with van der Waals surface area (Å²) in [7, 11) is 0. The lowest BCUT2D eigenvalue weighted by Gasteiger charge is -2.60. The number of rotatable bonds is 8. The lowest BCUT2D eigenvalue weighted by Crippen LogP contribution is -2.62. The molecule has 1 aromatic rings. The average Bonchev–Trinajstić information content (AvgIpc) is 3.21. The van der Waals surface area contributed by atoms with Gasteiger partial charge in [0.1, 0.15) is 5.60 Å². The first-order valence-electron chi connectivity index (χ1n) is 15.1. The zero-order valence-electron chi connectivity index (χ0n) is 24.4. The van der Waals surface area contributed by atoms with Crippen LogP contribution in [-0.4, -0.2) is 52.0 Å². The molecule has 3 fully saturated rings. The van der Waals surface area contributed by atoms with Crippen LogP contribution in [-0.2, 0) is 23.9 Å². The van der Waals surface area contributed by atoms with Crippen molar-refractivity contribution >= 4 is 23.4 Å². The number of ketones is 2. The molecule has 0 bridgehead atoms. The molecule has 8 atom stereocenters. The molecule has 41 heavy (non-hydrogen) atoms. The van der Waals surface area contributed by atoms with Gasteiger partial charge in [0.25, 0.3) is 0 Å². The Bertz CT molecular complexity index is 1240. The van der Waals surface area contributed by atoms with E-state index < -0.39 is 35.5 Å². The fourth-order valence-electron chi connectivity index (χ4n) is 8.84. The number of hydrogen-bond donors (Lipinski definition) is 3. The van der Waals surface area contributed by atoms with Crippen LogP contribution >= 0.6 is 0 Å². The summed E-state index contributed by atoms with van der Waals surface area (Å²) in [6, 6.07) is 9.30. The lowest BCUT2D eigenvalue weighted by atomic mass is 9.45. The normalized spacial score (nSPS) is 36.7. The molecule has 0 radical (unpaired) electrons. The van der Waals surface area contributed by atoms with E-state index in [1.165, 1.54) is 0 Å². The second kappa shape index (κ2) is 11.1. The van der Waals surface area contributed by atoms with Gasteiger partial charge >= 0.3 is 5.97 Å². The first kappa shape index (κ1) is 29.6. The summed E-state index contributed by atoms with van der Waals surface area (Å²) in [5.41, 5.74) is -0.698. The number of hydrogen-bond acceptors (Lipinski definition) is 7. The Hall–Kier alpha value is -2.84. The van der Waals surface area contributed by atoms with Gasteiger partial charge in [-0.25, -0.2) is 0 Å². The topological polar surface area (TPSA) is 130 Å². The summed E-state index contributed by atoms with van der Waals surface area (Å²) < 4.78 is 5.25. The van der Waals surface area contributed by atoms with Gasteiger partial charge in [0.05, 0.1) is 18.6 Å². The van der Waals surface area contributed by atoms with E-state index in [1.54, 1.807) is 6.08 Å². The van der Waals surface area contributed by atoms with E-state index in [-0.39, 0.29) is 66.6 Å². The van der Waals surface area contributed by atoms with Gasteiger partial charge < -0.3 is 20.3 Å². The fraction of sp³-hybridized carbons (Fsp3) is 0.636. The zero-order valence-corrected chi connectivity index (χ0v) is 24.4. The maximum Gasteiger partial charge on any atom is 0.306 e. The molecule has 0 aromatic heterocycles. The van der Waals surface area contributed by atoms with E-state index in [4.69, 9.17) is 4.74 Å². The van der Waals surface area contributed by atoms with Crippen LogP contribution in [0.2, 0.25) is 0 Å². The average molecular weight is 566 g/mol. The van der Waals surface area contributed by atoms with Crippen molar-refractivity contribution in [2.75, 3.05) is 6.61 Å². The number of ether oxygens (including phenoxy) is 1. The molecule has 1 aromatic carbocycles. The Balaban J connectivity index is 1.18. The number of carbonyl (C=O) groups is 4. The Morgan fingerprint density at radius 2 is 1.80 bits per heavy atom. The van der Waals surface area contributed by atoms with E-state index in [1.807, 2.05) is 44.2 Å². The van der Waals surface area contributed by atoms with Gasteiger partial charge in [-0.15, -0.1) is 0 Å². The van der Waals surface area contributed by atoms with Crippen molar-refractivity contribution in [3.63, 3.8) is 0 Å². The first-order chi connectivity index (χ1) is 19.4. The van der Waals surface area contributed by atoms with Crippen molar-refractivity contribution in [3.8, 4) is 0 Å². The predicted octanol–water partition coefficient (Wildman–Crippen LogP) is 3.99. The van der Waals surface area contributed by atoms with E-state index in [9.17, 15) is 29.4 Å². The van der Waals surface area contributed by atoms with Crippen LogP contribution in [0.4, 0.5) is 0 Å². The molecule has 4 aliphatic rings. The summed E-state index contributed by atoms with van der Waals surface area (Å²) in [6.07, 6.45) is 4.88. The smallest absolute Gasteiger partial charge is 0.306 e. The molecule has 8 nitrogen and oxygen atoms in total. The van der Waals surface area contributed by atoms with E-state index in [2.05, 4.69) is 12.2 Å². The Morgan fingerprint density at radius 1 is 1.07 bits per heavy atom. The second-order valence-electron chi connectivity index (χ2n) is 13.3. The summed E-state index contributed by atoms with van der Waals surface area (Å²) in [5, 5.41) is 26.2. The molecule has 0 spiro atoms. The molecule has 222 valence electrons. The van der Waals surface area contributed by atoms with Crippen LogP contribution in [0.25, 0.3) is 0 Å². The van der Waals surface area contributed by atoms with Crippen molar-refractivity contribution in [3.05, 3.63) is 47.5 Å². The number of nitrogens with one attached hydrogen (secondary N) is 1. The maximum absolute atomic E-state index is 13.4. The third-order valence-electron chi connectivity index (χ3n) is 11.1. The number of carbonyl (C=O) groups excluding carboxylic acids is 4. The molecule has 3 N–H and O–H groups in total. The van der Waals surface area contributed by atoms with Gasteiger partial charge in [-0.05, 0) is 80.3 Å². The highest BCUT2D eigenvalue weighted by Gasteiger charge is 2.68. The highest BCUT2D eigenvalue weighted by Crippen LogP contribution is 2.67. The Kier molecular flexibility index (Phi) is 8.03. The van der Waals surface area contributed by atoms with Crippen LogP contribution < -0.4 is 5.32 Å². The minimum Gasteiger partial charge on any atom is -0.458 e. The molecule has 8 heteroatoms. The van der Waals surface area contributed by atoms with Crippen molar-refractivity contribution in [1.82, 2.24) is 5.32 Å². The van der Waals surface area contributed by atoms with Crippen LogP contribution in [0.1, 0.15) is 90.2 Å². The molecule has 3 saturated carbocycles. The summed E-state index contributed by atoms with van der Waals surface area (Å²) >= 11 is 0. The number of aliphatic hydroxyl groups is 2. The third kappa shape index (κ3) is 5.18. The first-order valence-corrected chi connectivity index (χ1v) is 15.1. The SMILES string of the molecule is C[C@H](NC(=O)CCC(=O)OCC(=O)[C@@]1(O)CC[C@@H]2[C@@H]3CCC4=CC(=O)CC[C@]4(C)[C@@H]3[C@@H](O)C[C@@]21C)c1ccccc1. The third-order valence-corrected chi connectivity index (χ3v) is 11.1. The molecule has 0 aliphatic heterocycles. The monoisotopic (exact) mass is 565 g/mol. The van der Waals surface area contributed by atoms with Gasteiger partial charge in [-0.1, -0.05) is 49.8 Å². The molecule has 0 unspecified atom stereocenters. The van der Waals surface area contributed by atoms with Crippen LogP contribution in [0.3, 0.4) is 0 Å². The van der Waals surface area contributed by atoms with Gasteiger partial charge in [0.2, 0.25) is 11.7 Å². The number of fused-ring (bicyclic) bond motifs is 5. The van der Waals surface area contributed by atoms with E-state index in [0.717, 1.165) is 30.4 Å². The highest BCUT2D eigenvalue weighted by molar-refractivity contribution is 5.92.